The second-order valence-electron chi connectivity index (χ2n) is 1.89. The molecule has 68 valence electrons. The summed E-state index contributed by atoms with van der Waals surface area (Å²) in [6.07, 6.45) is 1.25. The Bertz CT molecular complexity index is 300. The van der Waals surface area contributed by atoms with Gasteiger partial charge in [0.05, 0.1) is 0 Å². The lowest BCUT2D eigenvalue weighted by Gasteiger charge is -2.01. The van der Waals surface area contributed by atoms with E-state index in [0.717, 1.165) is 0 Å². The minimum Gasteiger partial charge on any atom is -0.210 e. The summed E-state index contributed by atoms with van der Waals surface area (Å²) in [7, 11) is -3.58. The average molecular weight is 206 g/mol. The van der Waals surface area contributed by atoms with E-state index in [1.54, 1.807) is 6.07 Å². The van der Waals surface area contributed by atoms with Gasteiger partial charge in [0.25, 0.3) is 0 Å². The SMILES string of the molecule is C/C=C(\C#N)S(=O)(=O)NCCS. The highest BCUT2D eigenvalue weighted by Crippen LogP contribution is 2.01. The third-order valence-electron chi connectivity index (χ3n) is 1.07. The first kappa shape index (κ1) is 11.5. The molecular weight excluding hydrogens is 196 g/mol. The van der Waals surface area contributed by atoms with Gasteiger partial charge in [-0.15, -0.1) is 0 Å². The molecule has 4 nitrogen and oxygen atoms in total. The van der Waals surface area contributed by atoms with Crippen molar-refractivity contribution in [2.75, 3.05) is 12.3 Å². The van der Waals surface area contributed by atoms with Crippen LogP contribution in [0.2, 0.25) is 0 Å². The molecule has 0 saturated heterocycles. The summed E-state index contributed by atoms with van der Waals surface area (Å²) in [5, 5.41) is 8.40. The lowest BCUT2D eigenvalue weighted by Crippen LogP contribution is -2.26. The largest absolute Gasteiger partial charge is 0.250 e. The molecule has 12 heavy (non-hydrogen) atoms. The number of nitrogens with one attached hydrogen (secondary N) is 1. The molecule has 0 aliphatic heterocycles. The molecule has 0 bridgehead atoms. The monoisotopic (exact) mass is 206 g/mol. The smallest absolute Gasteiger partial charge is 0.210 e. The minimum atomic E-state index is -3.58. The molecule has 0 amide bonds. The molecule has 0 aromatic carbocycles. The van der Waals surface area contributed by atoms with Gasteiger partial charge in [0, 0.05) is 12.3 Å². The van der Waals surface area contributed by atoms with E-state index in [1.807, 2.05) is 0 Å². The molecule has 0 heterocycles. The Morgan fingerprint density at radius 2 is 2.33 bits per heavy atom. The summed E-state index contributed by atoms with van der Waals surface area (Å²) < 4.78 is 24.4. The van der Waals surface area contributed by atoms with Crippen LogP contribution in [0.25, 0.3) is 0 Å². The van der Waals surface area contributed by atoms with Crippen LogP contribution >= 0.6 is 12.6 Å². The van der Waals surface area contributed by atoms with Crippen molar-refractivity contribution in [3.8, 4) is 6.07 Å². The lowest BCUT2D eigenvalue weighted by molar-refractivity contribution is 0.592. The summed E-state index contributed by atoms with van der Waals surface area (Å²) in [6.45, 7) is 1.73. The summed E-state index contributed by atoms with van der Waals surface area (Å²) in [5.41, 5.74) is 0. The fourth-order valence-corrected chi connectivity index (χ4v) is 1.76. The Morgan fingerprint density at radius 1 is 1.75 bits per heavy atom. The Hall–Kier alpha value is -0.510. The normalized spacial score (nSPS) is 12.6. The summed E-state index contributed by atoms with van der Waals surface area (Å²) in [6, 6.07) is 1.59. The molecule has 0 aliphatic carbocycles. The quantitative estimate of drug-likeness (QED) is 0.512. The summed E-state index contributed by atoms with van der Waals surface area (Å²) >= 11 is 3.83. The van der Waals surface area contributed by atoms with Crippen LogP contribution in [-0.4, -0.2) is 20.7 Å². The number of sulfonamides is 1. The maximum atomic E-state index is 11.1. The maximum Gasteiger partial charge on any atom is 0.250 e. The summed E-state index contributed by atoms with van der Waals surface area (Å²) in [5.74, 6) is 0.404. The third-order valence-corrected chi connectivity index (χ3v) is 2.78. The van der Waals surface area contributed by atoms with Crippen molar-refractivity contribution < 1.29 is 8.42 Å². The van der Waals surface area contributed by atoms with Gasteiger partial charge in [-0.3, -0.25) is 0 Å². The van der Waals surface area contributed by atoms with Crippen LogP contribution in [0, 0.1) is 11.3 Å². The van der Waals surface area contributed by atoms with Gasteiger partial charge < -0.3 is 0 Å². The molecule has 1 N–H and O–H groups in total. The molecule has 0 spiro atoms. The number of allylic oxidation sites excluding steroid dienone is 2. The van der Waals surface area contributed by atoms with Crippen molar-refractivity contribution in [3.05, 3.63) is 11.0 Å². The highest BCUT2D eigenvalue weighted by molar-refractivity contribution is 7.93. The van der Waals surface area contributed by atoms with Crippen molar-refractivity contribution in [3.63, 3.8) is 0 Å². The van der Waals surface area contributed by atoms with Crippen molar-refractivity contribution in [1.29, 1.82) is 5.26 Å². The van der Waals surface area contributed by atoms with E-state index in [1.165, 1.54) is 13.0 Å². The van der Waals surface area contributed by atoms with E-state index in [0.29, 0.717) is 5.75 Å². The molecule has 0 aliphatic rings. The number of thiol groups is 1. The van der Waals surface area contributed by atoms with E-state index >= 15 is 0 Å². The van der Waals surface area contributed by atoms with Crippen LogP contribution in [0.4, 0.5) is 0 Å². The lowest BCUT2D eigenvalue weighted by atomic mass is 10.6. The second-order valence-corrected chi connectivity index (χ2v) is 4.07. The standard InChI is InChI=1S/C6H10N2O2S2/c1-2-6(5-7)12(9,10)8-3-4-11/h2,8,11H,3-4H2,1H3/b6-2+. The fraction of sp³-hybridized carbons (Fsp3) is 0.500. The number of nitriles is 1. The first-order valence-electron chi connectivity index (χ1n) is 3.25. The Labute approximate surface area is 77.7 Å². The number of hydrogen-bond acceptors (Lipinski definition) is 4. The van der Waals surface area contributed by atoms with Gasteiger partial charge in [-0.25, -0.2) is 13.1 Å². The van der Waals surface area contributed by atoms with Gasteiger partial charge in [-0.1, -0.05) is 6.08 Å². The third kappa shape index (κ3) is 3.26. The molecule has 0 rings (SSSR count). The zero-order chi connectivity index (χ0) is 9.61. The van der Waals surface area contributed by atoms with Crippen LogP contribution in [0.1, 0.15) is 6.92 Å². The van der Waals surface area contributed by atoms with Crippen LogP contribution in [-0.2, 0) is 10.0 Å². The highest BCUT2D eigenvalue weighted by atomic mass is 32.2. The van der Waals surface area contributed by atoms with E-state index in [2.05, 4.69) is 17.4 Å². The number of nitrogens with zero attached hydrogens (tertiary/aromatic N) is 1. The molecular formula is C6H10N2O2S2. The first-order valence-corrected chi connectivity index (χ1v) is 5.37. The Balaban J connectivity index is 4.54. The van der Waals surface area contributed by atoms with Gasteiger partial charge in [-0.05, 0) is 6.92 Å². The number of hydrogen-bond donors (Lipinski definition) is 2. The highest BCUT2D eigenvalue weighted by Gasteiger charge is 2.14. The van der Waals surface area contributed by atoms with Crippen molar-refractivity contribution in [2.45, 2.75) is 6.92 Å². The van der Waals surface area contributed by atoms with Gasteiger partial charge in [0.1, 0.15) is 6.07 Å². The number of rotatable bonds is 4. The van der Waals surface area contributed by atoms with Crippen LogP contribution < -0.4 is 4.72 Å². The molecule has 0 atom stereocenters. The van der Waals surface area contributed by atoms with Gasteiger partial charge in [0.15, 0.2) is 4.91 Å². The Morgan fingerprint density at radius 3 is 2.67 bits per heavy atom. The first-order chi connectivity index (χ1) is 5.58. The van der Waals surface area contributed by atoms with Gasteiger partial charge in [-0.2, -0.15) is 17.9 Å². The zero-order valence-corrected chi connectivity index (χ0v) is 8.32. The second kappa shape index (κ2) is 5.19. The van der Waals surface area contributed by atoms with E-state index in [4.69, 9.17) is 5.26 Å². The topological polar surface area (TPSA) is 70.0 Å². The van der Waals surface area contributed by atoms with Crippen LogP contribution in [0.5, 0.6) is 0 Å². The van der Waals surface area contributed by atoms with E-state index < -0.39 is 10.0 Å². The maximum absolute atomic E-state index is 11.1. The van der Waals surface area contributed by atoms with Crippen LogP contribution in [0.15, 0.2) is 11.0 Å². The molecule has 0 radical (unpaired) electrons. The molecule has 0 fully saturated rings. The van der Waals surface area contributed by atoms with Gasteiger partial charge >= 0.3 is 0 Å². The van der Waals surface area contributed by atoms with E-state index in [-0.39, 0.29) is 11.4 Å². The van der Waals surface area contributed by atoms with E-state index in [9.17, 15) is 8.42 Å². The average Bonchev–Trinajstić information content (AvgIpc) is 2.03. The Kier molecular flexibility index (Phi) is 4.97. The van der Waals surface area contributed by atoms with Crippen LogP contribution in [0.3, 0.4) is 0 Å². The van der Waals surface area contributed by atoms with Crippen molar-refractivity contribution in [2.24, 2.45) is 0 Å². The molecule has 0 aromatic heterocycles. The summed E-state index contributed by atoms with van der Waals surface area (Å²) in [4.78, 5) is -0.260. The molecule has 0 unspecified atom stereocenters. The molecule has 6 heteroatoms. The molecule has 0 saturated carbocycles. The predicted molar refractivity (Wildman–Crippen MR) is 50.1 cm³/mol. The van der Waals surface area contributed by atoms with Gasteiger partial charge in [0.2, 0.25) is 10.0 Å². The van der Waals surface area contributed by atoms with Crippen molar-refractivity contribution >= 4 is 22.7 Å². The predicted octanol–water partition coefficient (Wildman–Crippen LogP) is 0.263. The zero-order valence-electron chi connectivity index (χ0n) is 6.61. The minimum absolute atomic E-state index is 0.227. The van der Waals surface area contributed by atoms with Crippen molar-refractivity contribution in [1.82, 2.24) is 4.72 Å². The fourth-order valence-electron chi connectivity index (χ4n) is 0.538. The molecule has 0 aromatic rings.